The molecule has 1 amide bonds. The molecule has 4 nitrogen and oxygen atoms in total. The summed E-state index contributed by atoms with van der Waals surface area (Å²) in [4.78, 5) is 27.0. The molecule has 2 N–H and O–H groups in total. The molecule has 0 aliphatic heterocycles. The number of aromatic nitrogens is 1. The van der Waals surface area contributed by atoms with Gasteiger partial charge in [-0.3, -0.25) is 9.59 Å². The minimum atomic E-state index is -0.310. The van der Waals surface area contributed by atoms with Gasteiger partial charge in [0, 0.05) is 22.6 Å². The molecule has 0 saturated heterocycles. The highest BCUT2D eigenvalue weighted by molar-refractivity contribution is 6.31. The molecule has 1 aromatic carbocycles. The minimum absolute atomic E-state index is 0.150. The van der Waals surface area contributed by atoms with Crippen LogP contribution in [-0.4, -0.2) is 16.9 Å². The zero-order chi connectivity index (χ0) is 12.7. The van der Waals surface area contributed by atoms with E-state index in [1.165, 1.54) is 6.20 Å². The number of nitrogens with one attached hydrogen (secondary N) is 2. The Labute approximate surface area is 108 Å². The van der Waals surface area contributed by atoms with Crippen LogP contribution in [0.3, 0.4) is 0 Å². The fourth-order valence-corrected chi connectivity index (χ4v) is 2.03. The molecule has 0 bridgehead atoms. The molecular weight excluding hydrogens is 252 g/mol. The predicted molar refractivity (Wildman–Crippen MR) is 70.1 cm³/mol. The quantitative estimate of drug-likeness (QED) is 0.870. The molecule has 1 saturated carbocycles. The Morgan fingerprint density at radius 1 is 1.39 bits per heavy atom. The number of hydrogen-bond acceptors (Lipinski definition) is 2. The molecule has 3 rings (SSSR count). The summed E-state index contributed by atoms with van der Waals surface area (Å²) in [5.41, 5.74) is 0.519. The second-order valence-corrected chi connectivity index (χ2v) is 4.91. The summed E-state index contributed by atoms with van der Waals surface area (Å²) in [5.74, 6) is -0.310. The first-order valence-corrected chi connectivity index (χ1v) is 6.15. The van der Waals surface area contributed by atoms with E-state index < -0.39 is 0 Å². The summed E-state index contributed by atoms with van der Waals surface area (Å²) in [7, 11) is 0. The molecule has 92 valence electrons. The second kappa shape index (κ2) is 4.14. The van der Waals surface area contributed by atoms with Gasteiger partial charge >= 0.3 is 0 Å². The maximum Gasteiger partial charge on any atom is 0.256 e. The third-order valence-electron chi connectivity index (χ3n) is 3.00. The van der Waals surface area contributed by atoms with E-state index in [2.05, 4.69) is 10.3 Å². The van der Waals surface area contributed by atoms with Crippen molar-refractivity contribution >= 4 is 28.4 Å². The van der Waals surface area contributed by atoms with Crippen LogP contribution in [0.25, 0.3) is 10.9 Å². The number of halogens is 1. The summed E-state index contributed by atoms with van der Waals surface area (Å²) in [6.07, 6.45) is 3.43. The molecule has 1 heterocycles. The number of hydrogen-bond donors (Lipinski definition) is 2. The third-order valence-corrected chi connectivity index (χ3v) is 3.24. The lowest BCUT2D eigenvalue weighted by molar-refractivity contribution is 0.0950. The van der Waals surface area contributed by atoms with E-state index in [1.807, 2.05) is 0 Å². The number of rotatable bonds is 2. The normalized spacial score (nSPS) is 14.7. The van der Waals surface area contributed by atoms with E-state index in [9.17, 15) is 9.59 Å². The Bertz CT molecular complexity index is 689. The van der Waals surface area contributed by atoms with Crippen molar-refractivity contribution in [3.05, 3.63) is 45.2 Å². The van der Waals surface area contributed by atoms with Gasteiger partial charge in [0.05, 0.1) is 5.52 Å². The number of fused-ring (bicyclic) bond motifs is 1. The van der Waals surface area contributed by atoms with E-state index in [0.29, 0.717) is 15.9 Å². The predicted octanol–water partition coefficient (Wildman–Crippen LogP) is 2.07. The Hall–Kier alpha value is -1.81. The topological polar surface area (TPSA) is 62.0 Å². The molecular formula is C13H11ClN2O2. The highest BCUT2D eigenvalue weighted by Crippen LogP contribution is 2.19. The number of amides is 1. The van der Waals surface area contributed by atoms with Crippen molar-refractivity contribution in [1.29, 1.82) is 0 Å². The summed E-state index contributed by atoms with van der Waals surface area (Å²) in [6.45, 7) is 0. The fourth-order valence-electron chi connectivity index (χ4n) is 1.85. The monoisotopic (exact) mass is 262 g/mol. The maximum absolute atomic E-state index is 12.2. The third kappa shape index (κ3) is 1.99. The van der Waals surface area contributed by atoms with E-state index in [1.54, 1.807) is 18.2 Å². The van der Waals surface area contributed by atoms with Crippen LogP contribution in [0.4, 0.5) is 0 Å². The number of carbonyl (C=O) groups is 1. The maximum atomic E-state index is 12.2. The van der Waals surface area contributed by atoms with Crippen LogP contribution >= 0.6 is 11.6 Å². The Morgan fingerprint density at radius 2 is 2.17 bits per heavy atom. The standard InChI is InChI=1S/C13H11ClN2O2/c14-7-1-4-9-11(5-7)15-6-10(12(9)17)13(18)16-8-2-3-8/h1,4-6,8H,2-3H2,(H,15,17)(H,16,18). The first-order chi connectivity index (χ1) is 8.65. The first-order valence-electron chi connectivity index (χ1n) is 5.77. The number of benzene rings is 1. The van der Waals surface area contributed by atoms with Crippen LogP contribution < -0.4 is 10.7 Å². The van der Waals surface area contributed by atoms with Crippen molar-refractivity contribution in [2.75, 3.05) is 0 Å². The number of aromatic amines is 1. The van der Waals surface area contributed by atoms with Gasteiger partial charge in [0.15, 0.2) is 0 Å². The molecule has 0 unspecified atom stereocenters. The minimum Gasteiger partial charge on any atom is -0.360 e. The van der Waals surface area contributed by atoms with Crippen LogP contribution in [0.15, 0.2) is 29.2 Å². The van der Waals surface area contributed by atoms with Gasteiger partial charge in [0.1, 0.15) is 5.56 Å². The molecule has 5 heteroatoms. The molecule has 1 aromatic heterocycles. The Kier molecular flexibility index (Phi) is 2.59. The summed E-state index contributed by atoms with van der Waals surface area (Å²) in [5, 5.41) is 3.83. The summed E-state index contributed by atoms with van der Waals surface area (Å²) in [6, 6.07) is 5.17. The van der Waals surface area contributed by atoms with Crippen molar-refractivity contribution in [3.63, 3.8) is 0 Å². The van der Waals surface area contributed by atoms with Crippen LogP contribution in [0.2, 0.25) is 5.02 Å². The lowest BCUT2D eigenvalue weighted by Gasteiger charge is -2.04. The van der Waals surface area contributed by atoms with Crippen molar-refractivity contribution in [2.24, 2.45) is 0 Å². The Morgan fingerprint density at radius 3 is 2.89 bits per heavy atom. The number of pyridine rings is 1. The molecule has 0 radical (unpaired) electrons. The van der Waals surface area contributed by atoms with Gasteiger partial charge in [-0.2, -0.15) is 0 Å². The zero-order valence-electron chi connectivity index (χ0n) is 9.50. The number of H-pyrrole nitrogens is 1. The molecule has 0 spiro atoms. The zero-order valence-corrected chi connectivity index (χ0v) is 10.3. The van der Waals surface area contributed by atoms with Crippen LogP contribution in [0.1, 0.15) is 23.2 Å². The molecule has 18 heavy (non-hydrogen) atoms. The Balaban J connectivity index is 2.08. The molecule has 1 aliphatic rings. The van der Waals surface area contributed by atoms with Crippen molar-refractivity contribution < 1.29 is 4.79 Å². The van der Waals surface area contributed by atoms with Gasteiger partial charge in [-0.15, -0.1) is 0 Å². The lowest BCUT2D eigenvalue weighted by atomic mass is 10.1. The van der Waals surface area contributed by atoms with E-state index in [-0.39, 0.29) is 22.9 Å². The van der Waals surface area contributed by atoms with E-state index in [0.717, 1.165) is 12.8 Å². The SMILES string of the molecule is O=C(NC1CC1)c1c[nH]c2cc(Cl)ccc2c1=O. The molecule has 2 aromatic rings. The number of carbonyl (C=O) groups excluding carboxylic acids is 1. The van der Waals surface area contributed by atoms with Gasteiger partial charge in [0.25, 0.3) is 5.91 Å². The first kappa shape index (κ1) is 11.3. The second-order valence-electron chi connectivity index (χ2n) is 4.47. The average molecular weight is 263 g/mol. The van der Waals surface area contributed by atoms with E-state index >= 15 is 0 Å². The largest absolute Gasteiger partial charge is 0.360 e. The van der Waals surface area contributed by atoms with Crippen LogP contribution in [0.5, 0.6) is 0 Å². The highest BCUT2D eigenvalue weighted by Gasteiger charge is 2.25. The molecule has 1 aliphatic carbocycles. The lowest BCUT2D eigenvalue weighted by Crippen LogP contribution is -2.30. The van der Waals surface area contributed by atoms with Crippen molar-refractivity contribution in [2.45, 2.75) is 18.9 Å². The van der Waals surface area contributed by atoms with Crippen LogP contribution in [0, 0.1) is 0 Å². The summed E-state index contributed by atoms with van der Waals surface area (Å²) < 4.78 is 0. The van der Waals surface area contributed by atoms with Gasteiger partial charge in [0.2, 0.25) is 5.43 Å². The van der Waals surface area contributed by atoms with Crippen molar-refractivity contribution in [1.82, 2.24) is 10.3 Å². The van der Waals surface area contributed by atoms with Gasteiger partial charge in [-0.25, -0.2) is 0 Å². The van der Waals surface area contributed by atoms with E-state index in [4.69, 9.17) is 11.6 Å². The van der Waals surface area contributed by atoms with Crippen LogP contribution in [-0.2, 0) is 0 Å². The average Bonchev–Trinajstić information content (AvgIpc) is 3.13. The fraction of sp³-hybridized carbons (Fsp3) is 0.231. The summed E-state index contributed by atoms with van der Waals surface area (Å²) >= 11 is 5.85. The molecule has 0 atom stereocenters. The van der Waals surface area contributed by atoms with Crippen molar-refractivity contribution in [3.8, 4) is 0 Å². The van der Waals surface area contributed by atoms with Gasteiger partial charge < -0.3 is 10.3 Å². The van der Waals surface area contributed by atoms with Gasteiger partial charge in [-0.1, -0.05) is 11.6 Å². The molecule has 1 fully saturated rings. The highest BCUT2D eigenvalue weighted by atomic mass is 35.5. The van der Waals surface area contributed by atoms with Gasteiger partial charge in [-0.05, 0) is 31.0 Å². The smallest absolute Gasteiger partial charge is 0.256 e.